The number of hydrogen-bond donors (Lipinski definition) is 0. The summed E-state index contributed by atoms with van der Waals surface area (Å²) in [4.78, 5) is 0. The highest BCUT2D eigenvalue weighted by Crippen LogP contribution is 2.30. The van der Waals surface area contributed by atoms with Crippen molar-refractivity contribution in [2.75, 3.05) is 20.8 Å². The number of rotatable bonds is 10. The molecule has 0 spiro atoms. The number of ether oxygens (including phenoxy) is 4. The molecule has 3 rings (SSSR count). The van der Waals surface area contributed by atoms with E-state index < -0.39 is 0 Å². The van der Waals surface area contributed by atoms with Crippen molar-refractivity contribution in [2.24, 2.45) is 0 Å². The Balaban J connectivity index is 1.73. The zero-order valence-corrected chi connectivity index (χ0v) is 19.1. The fraction of sp³-hybridized carbons (Fsp3) is 0.214. The normalized spacial score (nSPS) is 10.6. The van der Waals surface area contributed by atoms with Crippen LogP contribution in [0, 0.1) is 0 Å². The molecule has 166 valence electrons. The van der Waals surface area contributed by atoms with Gasteiger partial charge in [-0.05, 0) is 60.9 Å². The van der Waals surface area contributed by atoms with Crippen LogP contribution in [0.2, 0.25) is 0 Å². The molecule has 0 unspecified atom stereocenters. The molecule has 0 aliphatic carbocycles. The van der Waals surface area contributed by atoms with Crippen molar-refractivity contribution < 1.29 is 18.9 Å². The molecule has 0 N–H and O–H groups in total. The second kappa shape index (κ2) is 11.7. The van der Waals surface area contributed by atoms with Crippen molar-refractivity contribution >= 4 is 12.2 Å². The van der Waals surface area contributed by atoms with Gasteiger partial charge in [0.15, 0.2) is 11.5 Å². The zero-order valence-electron chi connectivity index (χ0n) is 19.1. The summed E-state index contributed by atoms with van der Waals surface area (Å²) >= 11 is 0. The molecule has 0 aliphatic rings. The van der Waals surface area contributed by atoms with E-state index in [0.29, 0.717) is 24.7 Å². The van der Waals surface area contributed by atoms with Crippen LogP contribution in [0.3, 0.4) is 0 Å². The topological polar surface area (TPSA) is 36.9 Å². The Bertz CT molecular complexity index is 1060. The molecule has 3 aromatic carbocycles. The molecule has 0 atom stereocenters. The van der Waals surface area contributed by atoms with Gasteiger partial charge in [-0.2, -0.15) is 0 Å². The Hall–Kier alpha value is -3.66. The summed E-state index contributed by atoms with van der Waals surface area (Å²) < 4.78 is 22.8. The van der Waals surface area contributed by atoms with Crippen molar-refractivity contribution in [3.8, 4) is 23.0 Å². The molecule has 0 aromatic heterocycles. The van der Waals surface area contributed by atoms with E-state index in [4.69, 9.17) is 18.9 Å². The summed E-state index contributed by atoms with van der Waals surface area (Å²) in [5.41, 5.74) is 4.32. The third-order valence-electron chi connectivity index (χ3n) is 4.77. The quantitative estimate of drug-likeness (QED) is 0.262. The maximum atomic E-state index is 5.95. The van der Waals surface area contributed by atoms with Crippen molar-refractivity contribution in [2.45, 2.75) is 20.5 Å². The minimum Gasteiger partial charge on any atom is -0.497 e. The lowest BCUT2D eigenvalue weighted by atomic mass is 10.1. The molecule has 0 fully saturated rings. The summed E-state index contributed by atoms with van der Waals surface area (Å²) in [7, 11) is 3.30. The standard InChI is InChI=1S/C28H30O4/c1-21(2)14-15-31-26-17-24(16-25(19-26)29-3)11-10-22-12-13-27(28(18-22)30-4)32-20-23-8-6-5-7-9-23/h5-14,16-19H,15,20H2,1-4H3/b11-10+. The fourth-order valence-corrected chi connectivity index (χ4v) is 3.03. The van der Waals surface area contributed by atoms with E-state index in [0.717, 1.165) is 28.2 Å². The van der Waals surface area contributed by atoms with Gasteiger partial charge in [-0.25, -0.2) is 0 Å². The molecule has 32 heavy (non-hydrogen) atoms. The van der Waals surface area contributed by atoms with Gasteiger partial charge in [-0.15, -0.1) is 0 Å². The van der Waals surface area contributed by atoms with Gasteiger partial charge in [0.1, 0.15) is 24.7 Å². The summed E-state index contributed by atoms with van der Waals surface area (Å²) in [6.45, 7) is 5.12. The molecular weight excluding hydrogens is 400 g/mol. The van der Waals surface area contributed by atoms with Crippen molar-refractivity contribution in [1.29, 1.82) is 0 Å². The highest BCUT2D eigenvalue weighted by Gasteiger charge is 2.06. The second-order valence-corrected chi connectivity index (χ2v) is 7.55. The molecule has 4 nitrogen and oxygen atoms in total. The molecule has 0 heterocycles. The van der Waals surface area contributed by atoms with E-state index >= 15 is 0 Å². The van der Waals surface area contributed by atoms with E-state index in [-0.39, 0.29) is 0 Å². The Labute approximate surface area is 190 Å². The number of methoxy groups -OCH3 is 2. The third-order valence-corrected chi connectivity index (χ3v) is 4.77. The Morgan fingerprint density at radius 3 is 2.19 bits per heavy atom. The van der Waals surface area contributed by atoms with E-state index in [2.05, 4.69) is 13.8 Å². The molecule has 0 bridgehead atoms. The minimum absolute atomic E-state index is 0.492. The average molecular weight is 431 g/mol. The lowest BCUT2D eigenvalue weighted by Gasteiger charge is -2.11. The van der Waals surface area contributed by atoms with Crippen LogP contribution in [0.1, 0.15) is 30.5 Å². The highest BCUT2D eigenvalue weighted by molar-refractivity contribution is 5.72. The van der Waals surface area contributed by atoms with E-state index in [9.17, 15) is 0 Å². The van der Waals surface area contributed by atoms with E-state index in [1.807, 2.05) is 85.0 Å². The molecular formula is C28H30O4. The second-order valence-electron chi connectivity index (χ2n) is 7.55. The molecule has 0 radical (unpaired) electrons. The Morgan fingerprint density at radius 2 is 1.47 bits per heavy atom. The number of hydrogen-bond acceptors (Lipinski definition) is 4. The Morgan fingerprint density at radius 1 is 0.719 bits per heavy atom. The van der Waals surface area contributed by atoms with Crippen molar-refractivity contribution in [3.63, 3.8) is 0 Å². The van der Waals surface area contributed by atoms with Crippen LogP contribution >= 0.6 is 0 Å². The molecule has 3 aromatic rings. The third kappa shape index (κ3) is 6.95. The summed E-state index contributed by atoms with van der Waals surface area (Å²) in [6, 6.07) is 21.8. The lowest BCUT2D eigenvalue weighted by molar-refractivity contribution is 0.284. The number of benzene rings is 3. The van der Waals surface area contributed by atoms with Gasteiger partial charge in [0, 0.05) is 6.07 Å². The minimum atomic E-state index is 0.492. The van der Waals surface area contributed by atoms with Crippen LogP contribution in [-0.2, 0) is 6.61 Å². The van der Waals surface area contributed by atoms with Gasteiger partial charge in [-0.1, -0.05) is 54.1 Å². The van der Waals surface area contributed by atoms with Crippen molar-refractivity contribution in [3.05, 3.63) is 95.1 Å². The molecule has 0 aliphatic heterocycles. The smallest absolute Gasteiger partial charge is 0.161 e. The SMILES string of the molecule is COc1cc(/C=C/c2ccc(OCc3ccccc3)c(OC)c2)cc(OCC=C(C)C)c1. The van der Waals surface area contributed by atoms with E-state index in [1.54, 1.807) is 14.2 Å². The van der Waals surface area contributed by atoms with Gasteiger partial charge in [0.2, 0.25) is 0 Å². The monoisotopic (exact) mass is 430 g/mol. The predicted octanol–water partition coefficient (Wildman–Crippen LogP) is 6.80. The predicted molar refractivity (Wildman–Crippen MR) is 131 cm³/mol. The van der Waals surface area contributed by atoms with Crippen LogP contribution in [0.4, 0.5) is 0 Å². The van der Waals surface area contributed by atoms with Crippen LogP contribution in [-0.4, -0.2) is 20.8 Å². The van der Waals surface area contributed by atoms with Gasteiger partial charge >= 0.3 is 0 Å². The van der Waals surface area contributed by atoms with Crippen molar-refractivity contribution in [1.82, 2.24) is 0 Å². The molecule has 0 amide bonds. The number of allylic oxidation sites excluding steroid dienone is 1. The first-order valence-electron chi connectivity index (χ1n) is 10.6. The maximum absolute atomic E-state index is 5.95. The van der Waals surface area contributed by atoms with Crippen LogP contribution in [0.5, 0.6) is 23.0 Å². The van der Waals surface area contributed by atoms with Gasteiger partial charge < -0.3 is 18.9 Å². The summed E-state index contributed by atoms with van der Waals surface area (Å²) in [5, 5.41) is 0. The first-order valence-corrected chi connectivity index (χ1v) is 10.6. The summed E-state index contributed by atoms with van der Waals surface area (Å²) in [6.07, 6.45) is 6.09. The fourth-order valence-electron chi connectivity index (χ4n) is 3.03. The summed E-state index contributed by atoms with van der Waals surface area (Å²) in [5.74, 6) is 2.93. The molecule has 4 heteroatoms. The van der Waals surface area contributed by atoms with Gasteiger partial charge in [0.25, 0.3) is 0 Å². The van der Waals surface area contributed by atoms with Gasteiger partial charge in [0.05, 0.1) is 14.2 Å². The van der Waals surface area contributed by atoms with E-state index in [1.165, 1.54) is 5.57 Å². The maximum Gasteiger partial charge on any atom is 0.161 e. The first-order chi connectivity index (χ1) is 15.6. The van der Waals surface area contributed by atoms with Crippen LogP contribution in [0.25, 0.3) is 12.2 Å². The van der Waals surface area contributed by atoms with Crippen LogP contribution < -0.4 is 18.9 Å². The van der Waals surface area contributed by atoms with Gasteiger partial charge in [-0.3, -0.25) is 0 Å². The molecule has 0 saturated carbocycles. The highest BCUT2D eigenvalue weighted by atomic mass is 16.5. The Kier molecular flexibility index (Phi) is 8.38. The molecule has 0 saturated heterocycles. The van der Waals surface area contributed by atoms with Crippen LogP contribution in [0.15, 0.2) is 78.4 Å². The largest absolute Gasteiger partial charge is 0.497 e. The lowest BCUT2D eigenvalue weighted by Crippen LogP contribution is -1.97. The average Bonchev–Trinajstić information content (AvgIpc) is 2.82. The first kappa shape index (κ1) is 23.0. The zero-order chi connectivity index (χ0) is 22.8.